The van der Waals surface area contributed by atoms with Crippen LogP contribution < -0.4 is 9.62 Å². The van der Waals surface area contributed by atoms with E-state index in [1.54, 1.807) is 49.4 Å². The molecule has 0 unspecified atom stereocenters. The number of rotatable bonds is 10. The highest BCUT2D eigenvalue weighted by Gasteiger charge is 2.30. The van der Waals surface area contributed by atoms with Crippen LogP contribution in [-0.4, -0.2) is 50.5 Å². The number of benzene rings is 2. The summed E-state index contributed by atoms with van der Waals surface area (Å²) in [6.07, 6.45) is 1.81. The average Bonchev–Trinajstić information content (AvgIpc) is 2.74. The van der Waals surface area contributed by atoms with Gasteiger partial charge in [-0.3, -0.25) is 13.9 Å². The third-order valence-electron chi connectivity index (χ3n) is 5.07. The average molecular weight is 559 g/mol. The Bertz CT molecular complexity index is 1110. The van der Waals surface area contributed by atoms with E-state index in [-0.39, 0.29) is 12.5 Å². The molecule has 0 aliphatic rings. The molecule has 0 saturated carbocycles. The van der Waals surface area contributed by atoms with Crippen LogP contribution in [-0.2, 0) is 26.2 Å². The van der Waals surface area contributed by atoms with Crippen molar-refractivity contribution in [2.24, 2.45) is 0 Å². The van der Waals surface area contributed by atoms with Gasteiger partial charge in [-0.2, -0.15) is 0 Å². The molecule has 0 spiro atoms. The third kappa shape index (κ3) is 7.72. The zero-order valence-electron chi connectivity index (χ0n) is 19.1. The van der Waals surface area contributed by atoms with Crippen LogP contribution in [0.1, 0.15) is 31.4 Å². The summed E-state index contributed by atoms with van der Waals surface area (Å²) in [7, 11) is -3.77. The lowest BCUT2D eigenvalue weighted by molar-refractivity contribution is -0.139. The number of nitrogens with one attached hydrogen (secondary N) is 1. The SMILES string of the molecule is CCCNC(=O)[C@H](C)N(Cc1cccc(Cl)c1)C(=O)CN(c1ccc(Br)c(C)c1)S(C)(=O)=O. The topological polar surface area (TPSA) is 86.8 Å². The molecule has 0 aliphatic carbocycles. The molecule has 1 N–H and O–H groups in total. The Labute approximate surface area is 209 Å². The molecule has 33 heavy (non-hydrogen) atoms. The van der Waals surface area contributed by atoms with Crippen molar-refractivity contribution in [3.05, 3.63) is 63.1 Å². The molecule has 2 amide bonds. The van der Waals surface area contributed by atoms with Gasteiger partial charge in [-0.05, 0) is 61.7 Å². The summed E-state index contributed by atoms with van der Waals surface area (Å²) in [4.78, 5) is 27.5. The Morgan fingerprint density at radius 3 is 2.45 bits per heavy atom. The Hall–Kier alpha value is -2.10. The predicted molar refractivity (Wildman–Crippen MR) is 136 cm³/mol. The number of carbonyl (C=O) groups is 2. The number of sulfonamides is 1. The van der Waals surface area contributed by atoms with E-state index < -0.39 is 28.5 Å². The summed E-state index contributed by atoms with van der Waals surface area (Å²) in [6, 6.07) is 11.2. The Kier molecular flexibility index (Phi) is 9.75. The maximum absolute atomic E-state index is 13.4. The van der Waals surface area contributed by atoms with Crippen LogP contribution in [0.15, 0.2) is 46.9 Å². The first-order valence-electron chi connectivity index (χ1n) is 10.5. The number of aryl methyl sites for hydroxylation is 1. The lowest BCUT2D eigenvalue weighted by Crippen LogP contribution is -2.51. The van der Waals surface area contributed by atoms with Crippen molar-refractivity contribution in [2.45, 2.75) is 39.8 Å². The molecule has 0 heterocycles. The van der Waals surface area contributed by atoms with Crippen LogP contribution in [0, 0.1) is 6.92 Å². The van der Waals surface area contributed by atoms with Gasteiger partial charge in [0.05, 0.1) is 11.9 Å². The van der Waals surface area contributed by atoms with Gasteiger partial charge in [0.2, 0.25) is 21.8 Å². The minimum absolute atomic E-state index is 0.108. The fourth-order valence-electron chi connectivity index (χ4n) is 3.21. The molecule has 10 heteroatoms. The van der Waals surface area contributed by atoms with Gasteiger partial charge in [0.1, 0.15) is 12.6 Å². The fourth-order valence-corrected chi connectivity index (χ4v) is 4.51. The van der Waals surface area contributed by atoms with Crippen molar-refractivity contribution in [2.75, 3.05) is 23.7 Å². The van der Waals surface area contributed by atoms with Crippen molar-refractivity contribution in [3.63, 3.8) is 0 Å². The number of nitrogens with zero attached hydrogens (tertiary/aromatic N) is 2. The van der Waals surface area contributed by atoms with Gasteiger partial charge in [0.15, 0.2) is 0 Å². The molecule has 7 nitrogen and oxygen atoms in total. The minimum atomic E-state index is -3.77. The van der Waals surface area contributed by atoms with Crippen molar-refractivity contribution >= 4 is 55.1 Å². The van der Waals surface area contributed by atoms with Gasteiger partial charge in [0.25, 0.3) is 0 Å². The molecule has 0 fully saturated rings. The van der Waals surface area contributed by atoms with Crippen LogP contribution in [0.3, 0.4) is 0 Å². The summed E-state index contributed by atoms with van der Waals surface area (Å²) in [5.74, 6) is -0.808. The molecule has 2 rings (SSSR count). The van der Waals surface area contributed by atoms with Gasteiger partial charge in [0, 0.05) is 22.6 Å². The zero-order chi connectivity index (χ0) is 24.8. The highest BCUT2D eigenvalue weighted by molar-refractivity contribution is 9.10. The summed E-state index contributed by atoms with van der Waals surface area (Å²) >= 11 is 9.50. The molecule has 0 radical (unpaired) electrons. The van der Waals surface area contributed by atoms with Crippen molar-refractivity contribution in [3.8, 4) is 0 Å². The van der Waals surface area contributed by atoms with E-state index in [1.165, 1.54) is 4.90 Å². The Morgan fingerprint density at radius 1 is 1.18 bits per heavy atom. The van der Waals surface area contributed by atoms with E-state index >= 15 is 0 Å². The van der Waals surface area contributed by atoms with E-state index in [0.717, 1.165) is 32.6 Å². The molecule has 0 saturated heterocycles. The third-order valence-corrected chi connectivity index (χ3v) is 7.33. The molecule has 180 valence electrons. The van der Waals surface area contributed by atoms with E-state index in [9.17, 15) is 18.0 Å². The second kappa shape index (κ2) is 11.9. The van der Waals surface area contributed by atoms with E-state index in [4.69, 9.17) is 11.6 Å². The summed E-state index contributed by atoms with van der Waals surface area (Å²) in [5, 5.41) is 3.30. The van der Waals surface area contributed by atoms with E-state index in [2.05, 4.69) is 21.2 Å². The van der Waals surface area contributed by atoms with Gasteiger partial charge in [-0.1, -0.05) is 46.6 Å². The first-order valence-corrected chi connectivity index (χ1v) is 13.5. The van der Waals surface area contributed by atoms with Crippen LogP contribution in [0.4, 0.5) is 5.69 Å². The van der Waals surface area contributed by atoms with Crippen LogP contribution in [0.25, 0.3) is 0 Å². The Balaban J connectivity index is 2.39. The number of hydrogen-bond acceptors (Lipinski definition) is 4. The molecule has 1 atom stereocenters. The normalized spacial score (nSPS) is 12.2. The zero-order valence-corrected chi connectivity index (χ0v) is 22.3. The van der Waals surface area contributed by atoms with Crippen molar-refractivity contribution in [1.82, 2.24) is 10.2 Å². The molecule has 0 bridgehead atoms. The molecule has 2 aromatic rings. The molecule has 0 aliphatic heterocycles. The predicted octanol–water partition coefficient (Wildman–Crippen LogP) is 4.12. The number of anilines is 1. The van der Waals surface area contributed by atoms with Crippen LogP contribution in [0.5, 0.6) is 0 Å². The van der Waals surface area contributed by atoms with Crippen molar-refractivity contribution < 1.29 is 18.0 Å². The standard InChI is InChI=1S/C23H29BrClN3O4S/c1-5-11-26-23(30)17(3)27(14-18-7-6-8-19(25)13-18)22(29)15-28(33(4,31)32)20-9-10-21(24)16(2)12-20/h6-10,12-13,17H,5,11,14-15H2,1-4H3,(H,26,30)/t17-/m0/s1. The number of halogens is 2. The molecule has 0 aromatic heterocycles. The first kappa shape index (κ1) is 27.1. The van der Waals surface area contributed by atoms with Gasteiger partial charge in [-0.25, -0.2) is 8.42 Å². The highest BCUT2D eigenvalue weighted by atomic mass is 79.9. The van der Waals surface area contributed by atoms with E-state index in [0.29, 0.717) is 17.3 Å². The second-order valence-electron chi connectivity index (χ2n) is 7.82. The second-order valence-corrected chi connectivity index (χ2v) is 11.0. The minimum Gasteiger partial charge on any atom is -0.354 e. The maximum Gasteiger partial charge on any atom is 0.244 e. The summed E-state index contributed by atoms with van der Waals surface area (Å²) in [6.45, 7) is 5.55. The van der Waals surface area contributed by atoms with Crippen LogP contribution >= 0.6 is 27.5 Å². The van der Waals surface area contributed by atoms with Gasteiger partial charge >= 0.3 is 0 Å². The molecular formula is C23H29BrClN3O4S. The lowest BCUT2D eigenvalue weighted by Gasteiger charge is -2.31. The number of carbonyl (C=O) groups excluding carboxylic acids is 2. The fraction of sp³-hybridized carbons (Fsp3) is 0.391. The summed E-state index contributed by atoms with van der Waals surface area (Å²) < 4.78 is 27.0. The number of hydrogen-bond donors (Lipinski definition) is 1. The van der Waals surface area contributed by atoms with Crippen LogP contribution in [0.2, 0.25) is 5.02 Å². The van der Waals surface area contributed by atoms with Crippen molar-refractivity contribution in [1.29, 1.82) is 0 Å². The number of amides is 2. The van der Waals surface area contributed by atoms with Gasteiger partial charge < -0.3 is 10.2 Å². The quantitative estimate of drug-likeness (QED) is 0.475. The monoisotopic (exact) mass is 557 g/mol. The first-order chi connectivity index (χ1) is 15.4. The smallest absolute Gasteiger partial charge is 0.244 e. The maximum atomic E-state index is 13.4. The molecule has 2 aromatic carbocycles. The molecular weight excluding hydrogens is 530 g/mol. The lowest BCUT2D eigenvalue weighted by atomic mass is 10.1. The Morgan fingerprint density at radius 2 is 1.88 bits per heavy atom. The van der Waals surface area contributed by atoms with Gasteiger partial charge in [-0.15, -0.1) is 0 Å². The largest absolute Gasteiger partial charge is 0.354 e. The van der Waals surface area contributed by atoms with E-state index in [1.807, 2.05) is 13.8 Å². The highest BCUT2D eigenvalue weighted by Crippen LogP contribution is 2.25. The summed E-state index contributed by atoms with van der Waals surface area (Å²) in [5.41, 5.74) is 1.94.